The van der Waals surface area contributed by atoms with E-state index < -0.39 is 36.7 Å². The van der Waals surface area contributed by atoms with E-state index in [1.807, 2.05) is 0 Å². The molecule has 39 heavy (non-hydrogen) atoms. The summed E-state index contributed by atoms with van der Waals surface area (Å²) in [4.78, 5) is 42.2. The predicted octanol–water partition coefficient (Wildman–Crippen LogP) is 3.15. The molecule has 3 aromatic rings. The quantitative estimate of drug-likeness (QED) is 0.295. The van der Waals surface area contributed by atoms with E-state index in [-0.39, 0.29) is 35.5 Å². The summed E-state index contributed by atoms with van der Waals surface area (Å²) in [7, 11) is 0. The molecular formula is C23H26F3N9O4. The Hall–Kier alpha value is -4.34. The predicted molar refractivity (Wildman–Crippen MR) is 130 cm³/mol. The molecule has 2 amide bonds. The highest BCUT2D eigenvalue weighted by Crippen LogP contribution is 2.40. The Morgan fingerprint density at radius 1 is 1.15 bits per heavy atom. The van der Waals surface area contributed by atoms with Gasteiger partial charge in [0.2, 0.25) is 0 Å². The Kier molecular flexibility index (Phi) is 7.94. The van der Waals surface area contributed by atoms with Crippen LogP contribution in [0.4, 0.5) is 35.2 Å². The van der Waals surface area contributed by atoms with Gasteiger partial charge in [-0.2, -0.15) is 18.3 Å². The van der Waals surface area contributed by atoms with Gasteiger partial charge in [-0.15, -0.1) is 0 Å². The van der Waals surface area contributed by atoms with Gasteiger partial charge in [0, 0.05) is 12.5 Å². The molecule has 0 spiro atoms. The maximum Gasteiger partial charge on any atom is 0.418 e. The highest BCUT2D eigenvalue weighted by molar-refractivity contribution is 6.01. The summed E-state index contributed by atoms with van der Waals surface area (Å²) in [5.74, 6) is -0.740. The number of hydrogen-bond donors (Lipinski definition) is 4. The van der Waals surface area contributed by atoms with Gasteiger partial charge in [-0.3, -0.25) is 14.8 Å². The number of alkyl halides is 3. The number of rotatable bonds is 10. The summed E-state index contributed by atoms with van der Waals surface area (Å²) in [6.45, 7) is 2.00. The van der Waals surface area contributed by atoms with E-state index in [0.717, 1.165) is 23.7 Å². The SMILES string of the molecule is CC(C)(O)CNC(=O)c1c(NC(=O)Oc2nc(C3CC3)cnc2Nc2cncnc2)cnn1CCC(F)(F)F. The molecule has 1 aliphatic carbocycles. The lowest BCUT2D eigenvalue weighted by Gasteiger charge is -2.18. The molecule has 1 fully saturated rings. The number of nitrogens with zero attached hydrogens (tertiary/aromatic N) is 6. The zero-order chi connectivity index (χ0) is 28.2. The number of amides is 2. The first-order valence-electron chi connectivity index (χ1n) is 11.9. The van der Waals surface area contributed by atoms with E-state index >= 15 is 0 Å². The highest BCUT2D eigenvalue weighted by atomic mass is 19.4. The Morgan fingerprint density at radius 2 is 1.87 bits per heavy atom. The van der Waals surface area contributed by atoms with Gasteiger partial charge in [-0.1, -0.05) is 0 Å². The zero-order valence-corrected chi connectivity index (χ0v) is 21.0. The lowest BCUT2D eigenvalue weighted by atomic mass is 10.1. The second-order valence-electron chi connectivity index (χ2n) is 9.48. The van der Waals surface area contributed by atoms with Crippen LogP contribution in [0.3, 0.4) is 0 Å². The number of ether oxygens (including phenoxy) is 1. The van der Waals surface area contributed by atoms with Gasteiger partial charge in [0.15, 0.2) is 5.82 Å². The summed E-state index contributed by atoms with van der Waals surface area (Å²) in [6.07, 6.45) is 1.86. The molecule has 4 rings (SSSR count). The Balaban J connectivity index is 1.55. The molecule has 1 aliphatic rings. The highest BCUT2D eigenvalue weighted by Gasteiger charge is 2.30. The van der Waals surface area contributed by atoms with Crippen molar-refractivity contribution in [3.8, 4) is 5.88 Å². The molecular weight excluding hydrogens is 523 g/mol. The van der Waals surface area contributed by atoms with Crippen LogP contribution in [0.25, 0.3) is 0 Å². The summed E-state index contributed by atoms with van der Waals surface area (Å²) in [5, 5.41) is 21.4. The van der Waals surface area contributed by atoms with Crippen molar-refractivity contribution < 1.29 is 32.6 Å². The van der Waals surface area contributed by atoms with Crippen LogP contribution in [-0.2, 0) is 6.54 Å². The first-order chi connectivity index (χ1) is 18.4. The first-order valence-corrected chi connectivity index (χ1v) is 11.9. The third kappa shape index (κ3) is 8.07. The van der Waals surface area contributed by atoms with Crippen LogP contribution < -0.4 is 20.7 Å². The third-order valence-electron chi connectivity index (χ3n) is 5.35. The van der Waals surface area contributed by atoms with Gasteiger partial charge in [0.1, 0.15) is 12.0 Å². The van der Waals surface area contributed by atoms with E-state index in [0.29, 0.717) is 11.4 Å². The number of carbonyl (C=O) groups excluding carboxylic acids is 2. The first kappa shape index (κ1) is 27.7. The number of anilines is 3. The second-order valence-corrected chi connectivity index (χ2v) is 9.48. The van der Waals surface area contributed by atoms with Crippen LogP contribution in [0.2, 0.25) is 0 Å². The van der Waals surface area contributed by atoms with Crippen molar-refractivity contribution >= 4 is 29.2 Å². The lowest BCUT2D eigenvalue weighted by Crippen LogP contribution is -2.39. The van der Waals surface area contributed by atoms with Gasteiger partial charge < -0.3 is 20.5 Å². The molecule has 0 atom stereocenters. The van der Waals surface area contributed by atoms with E-state index in [1.54, 1.807) is 6.20 Å². The average Bonchev–Trinajstić information content (AvgIpc) is 3.63. The number of carbonyl (C=O) groups is 2. The fourth-order valence-electron chi connectivity index (χ4n) is 3.34. The number of hydrogen-bond acceptors (Lipinski definition) is 10. The molecule has 0 aliphatic heterocycles. The minimum Gasteiger partial charge on any atom is -0.389 e. The molecule has 0 aromatic carbocycles. The largest absolute Gasteiger partial charge is 0.418 e. The number of halogens is 3. The van der Waals surface area contributed by atoms with Crippen molar-refractivity contribution in [2.24, 2.45) is 0 Å². The van der Waals surface area contributed by atoms with Crippen molar-refractivity contribution in [2.45, 2.75) is 57.3 Å². The Bertz CT molecular complexity index is 1320. The van der Waals surface area contributed by atoms with Crippen LogP contribution in [-0.4, -0.2) is 65.1 Å². The topological polar surface area (TPSA) is 169 Å². The maximum absolute atomic E-state index is 12.9. The third-order valence-corrected chi connectivity index (χ3v) is 5.35. The molecule has 0 unspecified atom stereocenters. The maximum atomic E-state index is 12.9. The van der Waals surface area contributed by atoms with Gasteiger partial charge >= 0.3 is 12.3 Å². The Labute approximate surface area is 220 Å². The van der Waals surface area contributed by atoms with Crippen LogP contribution in [0.5, 0.6) is 5.88 Å². The molecule has 1 saturated carbocycles. The molecule has 0 saturated heterocycles. The summed E-state index contributed by atoms with van der Waals surface area (Å²) in [5.41, 5.74) is -0.768. The zero-order valence-electron chi connectivity index (χ0n) is 21.0. The van der Waals surface area contributed by atoms with Crippen LogP contribution >= 0.6 is 0 Å². The van der Waals surface area contributed by atoms with Gasteiger partial charge in [-0.05, 0) is 26.7 Å². The molecule has 3 aromatic heterocycles. The van der Waals surface area contributed by atoms with Crippen molar-refractivity contribution in [3.63, 3.8) is 0 Å². The van der Waals surface area contributed by atoms with Crippen molar-refractivity contribution in [1.82, 2.24) is 35.0 Å². The summed E-state index contributed by atoms with van der Waals surface area (Å²) >= 11 is 0. The van der Waals surface area contributed by atoms with Crippen molar-refractivity contribution in [2.75, 3.05) is 17.2 Å². The molecule has 0 bridgehead atoms. The Morgan fingerprint density at radius 3 is 2.51 bits per heavy atom. The van der Waals surface area contributed by atoms with E-state index in [4.69, 9.17) is 4.74 Å². The normalized spacial score (nSPS) is 13.6. The molecule has 3 heterocycles. The molecule has 208 valence electrons. The van der Waals surface area contributed by atoms with Gasteiger partial charge in [-0.25, -0.2) is 24.7 Å². The number of nitrogens with one attached hydrogen (secondary N) is 3. The van der Waals surface area contributed by atoms with E-state index in [2.05, 4.69) is 41.0 Å². The van der Waals surface area contributed by atoms with Crippen LogP contribution in [0, 0.1) is 0 Å². The van der Waals surface area contributed by atoms with Gasteiger partial charge in [0.05, 0.1) is 60.4 Å². The number of aryl methyl sites for hydroxylation is 1. The number of aromatic nitrogens is 6. The molecule has 16 heteroatoms. The molecule has 4 N–H and O–H groups in total. The minimum atomic E-state index is -4.50. The smallest absolute Gasteiger partial charge is 0.389 e. The van der Waals surface area contributed by atoms with Crippen LogP contribution in [0.15, 0.2) is 31.1 Å². The standard InChI is InChI=1S/C23H26F3N9O4/c1-22(2,38)11-30-19(36)17-16(10-31-35(17)6-5-23(24,25)26)34-21(37)39-20-18(32-14-7-27-12-28-8-14)29-9-15(33-20)13-3-4-13/h7-10,12-13,38H,3-6,11H2,1-2H3,(H,29,32)(H,30,36)(H,34,37). The fraction of sp³-hybridized carbons (Fsp3) is 0.435. The van der Waals surface area contributed by atoms with Gasteiger partial charge in [0.25, 0.3) is 11.8 Å². The van der Waals surface area contributed by atoms with Crippen molar-refractivity contribution in [1.29, 1.82) is 0 Å². The van der Waals surface area contributed by atoms with E-state index in [1.165, 1.54) is 32.6 Å². The summed E-state index contributed by atoms with van der Waals surface area (Å²) in [6, 6.07) is 0. The number of aliphatic hydroxyl groups is 1. The molecule has 13 nitrogen and oxygen atoms in total. The summed E-state index contributed by atoms with van der Waals surface area (Å²) < 4.78 is 44.7. The van der Waals surface area contributed by atoms with Crippen LogP contribution in [0.1, 0.15) is 55.2 Å². The van der Waals surface area contributed by atoms with Crippen molar-refractivity contribution in [3.05, 3.63) is 42.5 Å². The minimum absolute atomic E-state index is 0.0911. The second kappa shape index (κ2) is 11.2. The van der Waals surface area contributed by atoms with E-state index in [9.17, 15) is 27.9 Å². The lowest BCUT2D eigenvalue weighted by molar-refractivity contribution is -0.137. The molecule has 0 radical (unpaired) electrons. The average molecular weight is 550 g/mol. The fourth-order valence-corrected chi connectivity index (χ4v) is 3.34. The monoisotopic (exact) mass is 549 g/mol.